The van der Waals surface area contributed by atoms with Crippen molar-refractivity contribution >= 4 is 35.4 Å². The number of hydrogen-bond acceptors (Lipinski definition) is 12. The summed E-state index contributed by atoms with van der Waals surface area (Å²) in [6.45, 7) is -0.937. The van der Waals surface area contributed by atoms with Crippen molar-refractivity contribution < 1.29 is 57.2 Å². The fraction of sp³-hybridized carbons (Fsp3) is 0.875. The second-order valence-electron chi connectivity index (χ2n) is 19.8. The average molecular weight is 931 g/mol. The maximum atomic E-state index is 13.3. The Balaban J connectivity index is 0.979. The van der Waals surface area contributed by atoms with Crippen LogP contribution in [0.25, 0.3) is 0 Å². The average Bonchev–Trinajstić information content (AvgIpc) is 3.32. The number of rotatable bonds is 0. The molecule has 0 aromatic carbocycles. The lowest BCUT2D eigenvalue weighted by Crippen LogP contribution is -2.52. The summed E-state index contributed by atoms with van der Waals surface area (Å²) >= 11 is 0. The largest absolute Gasteiger partial charge is 0.366 e. The third-order valence-electron chi connectivity index (χ3n) is 14.9. The summed E-state index contributed by atoms with van der Waals surface area (Å²) in [5.41, 5.74) is 0. The maximum Gasteiger partial charge on any atom is 0.246 e. The van der Waals surface area contributed by atoms with Crippen molar-refractivity contribution in [1.82, 2.24) is 31.9 Å². The van der Waals surface area contributed by atoms with Crippen molar-refractivity contribution in [2.24, 2.45) is 0 Å². The summed E-state index contributed by atoms with van der Waals surface area (Å²) in [5.74, 6) is -1.58. The molecule has 372 valence electrons. The first-order valence-corrected chi connectivity index (χ1v) is 25.6. The number of carbonyl (C=O) groups excluding carboxylic acids is 6. The van der Waals surface area contributed by atoms with E-state index < -0.39 is 0 Å². The van der Waals surface area contributed by atoms with Gasteiger partial charge >= 0.3 is 0 Å². The van der Waals surface area contributed by atoms with E-state index in [9.17, 15) is 28.8 Å². The molecule has 0 spiro atoms. The molecule has 66 heavy (non-hydrogen) atoms. The highest BCUT2D eigenvalue weighted by Gasteiger charge is 2.35. The minimum atomic E-state index is -0.328. The lowest BCUT2D eigenvalue weighted by Gasteiger charge is -2.35. The SMILES string of the molecule is O=C1CO[C@H]2CCCC[C@@H]2NC(=O)CO[C@H]2CCCC[C@@H]2NC(=O)CO[C@H]2CCCC[C@@H]2NC(=O)CO[C@H]2CCCC[C@@H]2NC(=O)CO[C@H]2CCCC[C@@H]2NC(=O)CO[C@H]2CCCC[C@@H]2N1. The van der Waals surface area contributed by atoms with Crippen LogP contribution in [-0.2, 0) is 57.2 Å². The summed E-state index contributed by atoms with van der Waals surface area (Å²) in [7, 11) is 0. The maximum absolute atomic E-state index is 13.3. The molecule has 18 heteroatoms. The smallest absolute Gasteiger partial charge is 0.246 e. The fourth-order valence-corrected chi connectivity index (χ4v) is 11.4. The molecule has 0 aromatic rings. The molecule has 0 aromatic heterocycles. The number of fused-ring (bicyclic) bond motifs is 6. The number of nitrogens with one attached hydrogen (secondary N) is 6. The minimum absolute atomic E-state index is 0.156. The highest BCUT2D eigenvalue weighted by Crippen LogP contribution is 2.27. The van der Waals surface area contributed by atoms with Gasteiger partial charge in [-0.3, -0.25) is 28.8 Å². The molecule has 1 aliphatic heterocycles. The zero-order valence-electron chi connectivity index (χ0n) is 39.0. The van der Waals surface area contributed by atoms with Crippen LogP contribution in [0.15, 0.2) is 0 Å². The van der Waals surface area contributed by atoms with Gasteiger partial charge in [0.1, 0.15) is 39.6 Å². The Labute approximate surface area is 390 Å². The Bertz CT molecular complexity index is 1310. The number of carbonyl (C=O) groups is 6. The van der Waals surface area contributed by atoms with Gasteiger partial charge in [0.25, 0.3) is 0 Å². The van der Waals surface area contributed by atoms with E-state index in [0.29, 0.717) is 38.5 Å². The Hall–Kier alpha value is -3.42. The quantitative estimate of drug-likeness (QED) is 0.206. The van der Waals surface area contributed by atoms with Crippen LogP contribution in [0.5, 0.6) is 0 Å². The molecule has 6 amide bonds. The van der Waals surface area contributed by atoms with Gasteiger partial charge in [0.05, 0.1) is 72.9 Å². The summed E-state index contributed by atoms with van der Waals surface area (Å²) in [4.78, 5) is 79.7. The number of ether oxygens (including phenoxy) is 6. The van der Waals surface area contributed by atoms with Gasteiger partial charge in [-0.2, -0.15) is 0 Å². The van der Waals surface area contributed by atoms with Crippen molar-refractivity contribution in [3.8, 4) is 0 Å². The minimum Gasteiger partial charge on any atom is -0.366 e. The first kappa shape index (κ1) is 50.5. The van der Waals surface area contributed by atoms with Crippen LogP contribution in [-0.4, -0.2) is 148 Å². The summed E-state index contributed by atoms with van der Waals surface area (Å²) in [5, 5.41) is 18.6. The zero-order valence-corrected chi connectivity index (χ0v) is 39.0. The molecule has 7 fully saturated rings. The van der Waals surface area contributed by atoms with E-state index in [1.54, 1.807) is 0 Å². The van der Waals surface area contributed by atoms with E-state index in [0.717, 1.165) is 116 Å². The van der Waals surface area contributed by atoms with Crippen molar-refractivity contribution in [2.45, 2.75) is 227 Å². The first-order valence-electron chi connectivity index (χ1n) is 25.6. The molecule has 6 N–H and O–H groups in total. The topological polar surface area (TPSA) is 230 Å². The summed E-state index contributed by atoms with van der Waals surface area (Å²) in [6, 6.07) is -1.59. The Morgan fingerprint density at radius 2 is 0.364 bits per heavy atom. The molecule has 7 aliphatic rings. The van der Waals surface area contributed by atoms with E-state index in [-0.39, 0.29) is 148 Å². The zero-order chi connectivity index (χ0) is 46.1. The molecule has 6 aliphatic carbocycles. The molecule has 0 unspecified atom stereocenters. The highest BCUT2D eigenvalue weighted by molar-refractivity contribution is 5.80. The number of amides is 6. The van der Waals surface area contributed by atoms with Crippen LogP contribution in [0, 0.1) is 0 Å². The van der Waals surface area contributed by atoms with Gasteiger partial charge in [-0.25, -0.2) is 0 Å². The van der Waals surface area contributed by atoms with Crippen LogP contribution in [0.1, 0.15) is 154 Å². The molecule has 6 saturated carbocycles. The molecular weight excluding hydrogens is 853 g/mol. The van der Waals surface area contributed by atoms with E-state index in [1.165, 1.54) is 0 Å². The molecule has 7 rings (SSSR count). The third-order valence-corrected chi connectivity index (χ3v) is 14.9. The molecule has 18 nitrogen and oxygen atoms in total. The monoisotopic (exact) mass is 931 g/mol. The van der Waals surface area contributed by atoms with Gasteiger partial charge in [-0.1, -0.05) is 77.0 Å². The normalized spacial score (nSPS) is 37.6. The lowest BCUT2D eigenvalue weighted by molar-refractivity contribution is -0.135. The van der Waals surface area contributed by atoms with Crippen molar-refractivity contribution in [1.29, 1.82) is 0 Å². The van der Waals surface area contributed by atoms with Crippen LogP contribution in [0.4, 0.5) is 0 Å². The van der Waals surface area contributed by atoms with Gasteiger partial charge in [0, 0.05) is 0 Å². The Morgan fingerprint density at radius 3 is 0.515 bits per heavy atom. The van der Waals surface area contributed by atoms with E-state index >= 15 is 0 Å². The van der Waals surface area contributed by atoms with Gasteiger partial charge in [0.2, 0.25) is 35.4 Å². The predicted octanol–water partition coefficient (Wildman–Crippen LogP) is 2.66. The van der Waals surface area contributed by atoms with E-state index in [4.69, 9.17) is 28.4 Å². The second-order valence-corrected chi connectivity index (χ2v) is 19.8. The third kappa shape index (κ3) is 15.8. The summed E-state index contributed by atoms with van der Waals surface area (Å²) < 4.78 is 37.0. The number of hydrogen-bond donors (Lipinski definition) is 6. The molecule has 0 bridgehead atoms. The van der Waals surface area contributed by atoms with E-state index in [1.807, 2.05) is 0 Å². The Kier molecular flexibility index (Phi) is 20.2. The summed E-state index contributed by atoms with van der Waals surface area (Å²) in [6.07, 6.45) is 17.8. The molecule has 1 saturated heterocycles. The van der Waals surface area contributed by atoms with E-state index in [2.05, 4.69) is 31.9 Å². The lowest BCUT2D eigenvalue weighted by atomic mass is 9.91. The van der Waals surface area contributed by atoms with Crippen LogP contribution in [0.3, 0.4) is 0 Å². The molecular formula is C48H78N6O12. The van der Waals surface area contributed by atoms with Gasteiger partial charge in [-0.15, -0.1) is 0 Å². The standard InChI is InChI=1S/C48H78N6O12/c55-43-25-62-38-20-8-2-14-32(38)51-45(57)27-64-40-22-10-4-16-34(40)53-47(59)29-66-42-24-12-6-18-36(42)54-48(60)30-65-41-23-11-5-17-35(41)52-46(58)28-63-39-21-9-3-15-33(39)50-44(56)26-61-37-19-7-1-13-31(37)49-43/h31-42H,1-30H2,(H,49,55)(H,50,56)(H,51,57)(H,52,58)(H,53,59)(H,54,60)/t31-,32-,33-,34-,35-,36-,37-,38-,39-,40-,41-,42-/m0/s1. The van der Waals surface area contributed by atoms with Crippen LogP contribution in [0.2, 0.25) is 0 Å². The van der Waals surface area contributed by atoms with Gasteiger partial charge in [0.15, 0.2) is 0 Å². The van der Waals surface area contributed by atoms with Gasteiger partial charge < -0.3 is 60.3 Å². The van der Waals surface area contributed by atoms with Crippen LogP contribution < -0.4 is 31.9 Å². The molecule has 1 heterocycles. The van der Waals surface area contributed by atoms with Crippen molar-refractivity contribution in [2.75, 3.05) is 39.6 Å². The van der Waals surface area contributed by atoms with Gasteiger partial charge in [-0.05, 0) is 77.0 Å². The highest BCUT2D eigenvalue weighted by atomic mass is 16.5. The first-order chi connectivity index (χ1) is 32.2. The Morgan fingerprint density at radius 1 is 0.227 bits per heavy atom. The molecule has 0 radical (unpaired) electrons. The van der Waals surface area contributed by atoms with Crippen LogP contribution >= 0.6 is 0 Å². The molecule has 12 atom stereocenters. The van der Waals surface area contributed by atoms with Crippen molar-refractivity contribution in [3.63, 3.8) is 0 Å². The second kappa shape index (κ2) is 26.4. The van der Waals surface area contributed by atoms with Crippen molar-refractivity contribution in [3.05, 3.63) is 0 Å². The predicted molar refractivity (Wildman–Crippen MR) is 241 cm³/mol. The fourth-order valence-electron chi connectivity index (χ4n) is 11.4.